The first-order chi connectivity index (χ1) is 19.4. The smallest absolute Gasteiger partial charge is 0.335 e. The Hall–Kier alpha value is -3.89. The van der Waals surface area contributed by atoms with E-state index in [0.717, 1.165) is 31.7 Å². The number of carbonyl (C=O) groups excluding carboxylic acids is 1. The molecule has 5 rings (SSSR count). The zero-order chi connectivity index (χ0) is 28.1. The number of hydrogen-bond acceptors (Lipinski definition) is 5. The average Bonchev–Trinajstić information content (AvgIpc) is 3.22. The van der Waals surface area contributed by atoms with Gasteiger partial charge in [0.05, 0.1) is 26.3 Å². The number of nitrogens with zero attached hydrogens (tertiary/aromatic N) is 2. The summed E-state index contributed by atoms with van der Waals surface area (Å²) in [4.78, 5) is 31.7. The maximum absolute atomic E-state index is 13.6. The zero-order valence-corrected chi connectivity index (χ0v) is 24.6. The van der Waals surface area contributed by atoms with E-state index < -0.39 is 5.97 Å². The van der Waals surface area contributed by atoms with Gasteiger partial charge in [-0.2, -0.15) is 0 Å². The standard InChI is InChI=1S/C32H25IN2O4S/c1-21-6-5-7-24(16-21)20-39-28-15-12-23(17-27(28)33)18-29-30(36)35(19-22-10-13-25(14-11-22)31(37)38)32(40-29)34-26-8-3-2-4-9-26/h2-18H,19-20H2,1H3,(H,37,38)/b29-18-,34-32?. The number of carboxylic acid groups (broad SMARTS) is 1. The van der Waals surface area contributed by atoms with E-state index in [4.69, 9.17) is 9.73 Å². The lowest BCUT2D eigenvalue weighted by Crippen LogP contribution is -2.28. The number of carboxylic acids is 1. The summed E-state index contributed by atoms with van der Waals surface area (Å²) in [6, 6.07) is 30.1. The summed E-state index contributed by atoms with van der Waals surface area (Å²) >= 11 is 3.57. The Labute approximate surface area is 250 Å². The first kappa shape index (κ1) is 27.7. The lowest BCUT2D eigenvalue weighted by molar-refractivity contribution is -0.122. The Balaban J connectivity index is 1.38. The van der Waals surface area contributed by atoms with Crippen LogP contribution >= 0.6 is 34.4 Å². The molecule has 40 heavy (non-hydrogen) atoms. The molecule has 0 saturated carbocycles. The molecular weight excluding hydrogens is 635 g/mol. The second-order valence-corrected chi connectivity index (χ2v) is 11.4. The van der Waals surface area contributed by atoms with Gasteiger partial charge in [0.15, 0.2) is 5.17 Å². The van der Waals surface area contributed by atoms with Crippen LogP contribution in [0.15, 0.2) is 107 Å². The van der Waals surface area contributed by atoms with Crippen molar-refractivity contribution in [2.45, 2.75) is 20.1 Å². The van der Waals surface area contributed by atoms with Gasteiger partial charge in [0, 0.05) is 0 Å². The van der Waals surface area contributed by atoms with Crippen LogP contribution in [-0.4, -0.2) is 27.1 Å². The predicted molar refractivity (Wildman–Crippen MR) is 168 cm³/mol. The van der Waals surface area contributed by atoms with E-state index >= 15 is 0 Å². The van der Waals surface area contributed by atoms with Crippen LogP contribution in [0.1, 0.15) is 32.6 Å². The maximum atomic E-state index is 13.6. The van der Waals surface area contributed by atoms with E-state index in [-0.39, 0.29) is 18.0 Å². The molecule has 1 saturated heterocycles. The topological polar surface area (TPSA) is 79.2 Å². The molecule has 0 unspecified atom stereocenters. The Bertz CT molecular complexity index is 1620. The van der Waals surface area contributed by atoms with Crippen LogP contribution in [0.2, 0.25) is 0 Å². The Morgan fingerprint density at radius 2 is 1.75 bits per heavy atom. The van der Waals surface area contributed by atoms with Crippen molar-refractivity contribution < 1.29 is 19.4 Å². The van der Waals surface area contributed by atoms with Crippen molar-refractivity contribution in [2.75, 3.05) is 0 Å². The third-order valence-corrected chi connectivity index (χ3v) is 7.99. The van der Waals surface area contributed by atoms with Crippen molar-refractivity contribution in [3.8, 4) is 5.75 Å². The van der Waals surface area contributed by atoms with Gasteiger partial charge < -0.3 is 9.84 Å². The fourth-order valence-electron chi connectivity index (χ4n) is 4.12. The largest absolute Gasteiger partial charge is 0.488 e. The maximum Gasteiger partial charge on any atom is 0.335 e. The van der Waals surface area contributed by atoms with Crippen molar-refractivity contribution in [1.29, 1.82) is 0 Å². The molecule has 1 heterocycles. The second-order valence-electron chi connectivity index (χ2n) is 9.20. The number of para-hydroxylation sites is 1. The lowest BCUT2D eigenvalue weighted by Gasteiger charge is -2.16. The summed E-state index contributed by atoms with van der Waals surface area (Å²) in [5, 5.41) is 9.78. The number of aromatic carboxylic acids is 1. The van der Waals surface area contributed by atoms with Gasteiger partial charge in [-0.3, -0.25) is 9.69 Å². The number of amides is 1. The minimum Gasteiger partial charge on any atom is -0.488 e. The van der Waals surface area contributed by atoms with Gasteiger partial charge in [-0.25, -0.2) is 9.79 Å². The van der Waals surface area contributed by atoms with Crippen molar-refractivity contribution in [1.82, 2.24) is 4.90 Å². The highest BCUT2D eigenvalue weighted by atomic mass is 127. The monoisotopic (exact) mass is 660 g/mol. The number of carbonyl (C=O) groups is 2. The number of ether oxygens (including phenoxy) is 1. The van der Waals surface area contributed by atoms with Gasteiger partial charge >= 0.3 is 5.97 Å². The van der Waals surface area contributed by atoms with Crippen LogP contribution in [0.3, 0.4) is 0 Å². The molecule has 0 bridgehead atoms. The summed E-state index contributed by atoms with van der Waals surface area (Å²) in [6.45, 7) is 2.82. The third kappa shape index (κ3) is 6.81. The molecule has 200 valence electrons. The van der Waals surface area contributed by atoms with Crippen LogP contribution in [0.25, 0.3) is 6.08 Å². The summed E-state index contributed by atoms with van der Waals surface area (Å²) in [7, 11) is 0. The van der Waals surface area contributed by atoms with E-state index in [1.165, 1.54) is 17.3 Å². The molecule has 1 aliphatic rings. The molecule has 8 heteroatoms. The lowest BCUT2D eigenvalue weighted by atomic mass is 10.1. The molecule has 0 spiro atoms. The fourth-order valence-corrected chi connectivity index (χ4v) is 5.81. The van der Waals surface area contributed by atoms with Gasteiger partial charge in [0.25, 0.3) is 5.91 Å². The normalized spacial score (nSPS) is 15.2. The van der Waals surface area contributed by atoms with E-state index in [2.05, 4.69) is 41.6 Å². The molecular formula is C32H25IN2O4S. The molecule has 1 amide bonds. The molecule has 0 aliphatic carbocycles. The van der Waals surface area contributed by atoms with E-state index in [0.29, 0.717) is 16.7 Å². The summed E-state index contributed by atoms with van der Waals surface area (Å²) in [5.74, 6) is -0.360. The molecule has 1 fully saturated rings. The minimum absolute atomic E-state index is 0.156. The number of benzene rings is 4. The highest BCUT2D eigenvalue weighted by molar-refractivity contribution is 14.1. The Morgan fingerprint density at radius 1 is 0.975 bits per heavy atom. The van der Waals surface area contributed by atoms with Crippen LogP contribution < -0.4 is 4.74 Å². The first-order valence-electron chi connectivity index (χ1n) is 12.5. The third-order valence-electron chi connectivity index (χ3n) is 6.14. The summed E-state index contributed by atoms with van der Waals surface area (Å²) in [5.41, 5.74) is 4.94. The average molecular weight is 661 g/mol. The number of amidine groups is 1. The van der Waals surface area contributed by atoms with E-state index in [9.17, 15) is 14.7 Å². The Kier molecular flexibility index (Phi) is 8.66. The summed E-state index contributed by atoms with van der Waals surface area (Å²) in [6.07, 6.45) is 1.87. The molecule has 1 N–H and O–H groups in total. The quantitative estimate of drug-likeness (QED) is 0.155. The van der Waals surface area contributed by atoms with Crippen molar-refractivity contribution in [3.63, 3.8) is 0 Å². The number of thioether (sulfide) groups is 1. The van der Waals surface area contributed by atoms with Crippen LogP contribution in [0, 0.1) is 10.5 Å². The minimum atomic E-state index is -0.989. The van der Waals surface area contributed by atoms with Crippen molar-refractivity contribution in [3.05, 3.63) is 133 Å². The number of hydrogen-bond donors (Lipinski definition) is 1. The SMILES string of the molecule is Cc1cccc(COc2ccc(/C=C3\SC(=Nc4ccccc4)N(Cc4ccc(C(=O)O)cc4)C3=O)cc2I)c1. The highest BCUT2D eigenvalue weighted by Gasteiger charge is 2.33. The molecule has 6 nitrogen and oxygen atoms in total. The molecule has 4 aromatic rings. The predicted octanol–water partition coefficient (Wildman–Crippen LogP) is 7.68. The van der Waals surface area contributed by atoms with Crippen LogP contribution in [0.4, 0.5) is 5.69 Å². The number of aryl methyl sites for hydroxylation is 1. The molecule has 0 aromatic heterocycles. The number of aliphatic imine (C=N–C) groups is 1. The van der Waals surface area contributed by atoms with Gasteiger partial charge in [0.2, 0.25) is 0 Å². The fraction of sp³-hybridized carbons (Fsp3) is 0.0938. The molecule has 0 radical (unpaired) electrons. The molecule has 0 atom stereocenters. The van der Waals surface area contributed by atoms with Crippen molar-refractivity contribution in [2.24, 2.45) is 4.99 Å². The van der Waals surface area contributed by atoms with Crippen LogP contribution in [0.5, 0.6) is 5.75 Å². The Morgan fingerprint density at radius 3 is 2.45 bits per heavy atom. The second kappa shape index (κ2) is 12.5. The zero-order valence-electron chi connectivity index (χ0n) is 21.6. The summed E-state index contributed by atoms with van der Waals surface area (Å²) < 4.78 is 7.00. The van der Waals surface area contributed by atoms with Gasteiger partial charge in [-0.1, -0.05) is 66.2 Å². The van der Waals surface area contributed by atoms with E-state index in [1.54, 1.807) is 29.2 Å². The van der Waals surface area contributed by atoms with Crippen LogP contribution in [-0.2, 0) is 17.9 Å². The molecule has 4 aromatic carbocycles. The van der Waals surface area contributed by atoms with Gasteiger partial charge in [0.1, 0.15) is 12.4 Å². The van der Waals surface area contributed by atoms with Crippen molar-refractivity contribution >= 4 is 63.2 Å². The number of rotatable bonds is 8. The number of halogens is 1. The van der Waals surface area contributed by atoms with Gasteiger partial charge in [-0.15, -0.1) is 0 Å². The van der Waals surface area contributed by atoms with Gasteiger partial charge in [-0.05, 0) is 100 Å². The molecule has 1 aliphatic heterocycles. The van der Waals surface area contributed by atoms with E-state index in [1.807, 2.05) is 66.7 Å². The highest BCUT2D eigenvalue weighted by Crippen LogP contribution is 2.36. The first-order valence-corrected chi connectivity index (χ1v) is 14.4.